The lowest BCUT2D eigenvalue weighted by atomic mass is 10.0. The maximum atomic E-state index is 12.0. The fourth-order valence-electron chi connectivity index (χ4n) is 3.21. The fourth-order valence-corrected chi connectivity index (χ4v) is 3.21. The summed E-state index contributed by atoms with van der Waals surface area (Å²) in [5, 5.41) is 12.0. The maximum Gasteiger partial charge on any atom is 0.223 e. The molecule has 92 valence electrons. The van der Waals surface area contributed by atoms with Crippen molar-refractivity contribution in [3.05, 3.63) is 0 Å². The third-order valence-electron chi connectivity index (χ3n) is 4.28. The highest BCUT2D eigenvalue weighted by molar-refractivity contribution is 5.82. The highest BCUT2D eigenvalue weighted by Gasteiger charge is 2.54. The molecule has 3 heteroatoms. The molecule has 16 heavy (non-hydrogen) atoms. The van der Waals surface area contributed by atoms with E-state index >= 15 is 0 Å². The minimum Gasteiger partial charge on any atom is -0.396 e. The van der Waals surface area contributed by atoms with Gasteiger partial charge >= 0.3 is 0 Å². The quantitative estimate of drug-likeness (QED) is 0.748. The van der Waals surface area contributed by atoms with Crippen LogP contribution in [0.2, 0.25) is 0 Å². The van der Waals surface area contributed by atoms with Crippen LogP contribution < -0.4 is 5.32 Å². The predicted molar refractivity (Wildman–Crippen MR) is 62.9 cm³/mol. The van der Waals surface area contributed by atoms with E-state index in [-0.39, 0.29) is 18.6 Å². The molecule has 0 spiro atoms. The first-order valence-corrected chi connectivity index (χ1v) is 6.69. The highest BCUT2D eigenvalue weighted by atomic mass is 16.3. The van der Waals surface area contributed by atoms with Gasteiger partial charge in [-0.25, -0.2) is 0 Å². The molecule has 2 fully saturated rings. The molecule has 2 saturated carbocycles. The van der Waals surface area contributed by atoms with Crippen molar-refractivity contribution >= 4 is 5.91 Å². The summed E-state index contributed by atoms with van der Waals surface area (Å²) in [7, 11) is 0. The van der Waals surface area contributed by atoms with Gasteiger partial charge in [-0.1, -0.05) is 19.8 Å². The first-order valence-electron chi connectivity index (χ1n) is 6.69. The second-order valence-corrected chi connectivity index (χ2v) is 5.26. The lowest BCUT2D eigenvalue weighted by Gasteiger charge is -2.15. The zero-order valence-electron chi connectivity index (χ0n) is 10.1. The van der Waals surface area contributed by atoms with E-state index in [2.05, 4.69) is 12.2 Å². The third-order valence-corrected chi connectivity index (χ3v) is 4.28. The lowest BCUT2D eigenvalue weighted by molar-refractivity contribution is -0.123. The van der Waals surface area contributed by atoms with Gasteiger partial charge in [0.1, 0.15) is 0 Å². The number of amides is 1. The lowest BCUT2D eigenvalue weighted by Crippen LogP contribution is -2.36. The Labute approximate surface area is 97.6 Å². The van der Waals surface area contributed by atoms with Crippen LogP contribution in [0.3, 0.4) is 0 Å². The summed E-state index contributed by atoms with van der Waals surface area (Å²) in [6.07, 6.45) is 6.70. The van der Waals surface area contributed by atoms with Crippen molar-refractivity contribution in [2.45, 2.75) is 51.5 Å². The third kappa shape index (κ3) is 2.40. The van der Waals surface area contributed by atoms with Crippen LogP contribution in [0.25, 0.3) is 0 Å². The standard InChI is InChI=1S/C13H23NO2/c1-2-9(7-8-15)14-13(16)12-10-5-3-4-6-11(10)12/h9-12,15H,2-8H2,1H3,(H,14,16). The Morgan fingerprint density at radius 1 is 1.38 bits per heavy atom. The van der Waals surface area contributed by atoms with Gasteiger partial charge < -0.3 is 10.4 Å². The van der Waals surface area contributed by atoms with Crippen molar-refractivity contribution < 1.29 is 9.90 Å². The minimum absolute atomic E-state index is 0.163. The molecule has 3 atom stereocenters. The van der Waals surface area contributed by atoms with E-state index in [0.717, 1.165) is 6.42 Å². The first-order chi connectivity index (χ1) is 7.77. The van der Waals surface area contributed by atoms with Crippen LogP contribution in [0.4, 0.5) is 0 Å². The number of carbonyl (C=O) groups excluding carboxylic acids is 1. The van der Waals surface area contributed by atoms with Crippen LogP contribution in [-0.4, -0.2) is 23.7 Å². The number of aliphatic hydroxyl groups is 1. The molecule has 2 aliphatic rings. The van der Waals surface area contributed by atoms with Gasteiger partial charge in [0.25, 0.3) is 0 Å². The van der Waals surface area contributed by atoms with Crippen LogP contribution in [0.1, 0.15) is 45.4 Å². The number of fused-ring (bicyclic) bond motifs is 1. The SMILES string of the molecule is CCC(CCO)NC(=O)C1C2CCCCC21. The van der Waals surface area contributed by atoms with E-state index in [9.17, 15) is 4.79 Å². The van der Waals surface area contributed by atoms with E-state index in [1.54, 1.807) is 0 Å². The van der Waals surface area contributed by atoms with Crippen LogP contribution >= 0.6 is 0 Å². The van der Waals surface area contributed by atoms with E-state index in [1.807, 2.05) is 0 Å². The number of rotatable bonds is 5. The smallest absolute Gasteiger partial charge is 0.223 e. The number of hydrogen-bond acceptors (Lipinski definition) is 2. The second-order valence-electron chi connectivity index (χ2n) is 5.26. The Balaban J connectivity index is 1.80. The van der Waals surface area contributed by atoms with Gasteiger partial charge in [-0.05, 0) is 37.5 Å². The predicted octanol–water partition coefficient (Wildman–Crippen LogP) is 1.70. The number of nitrogens with one attached hydrogen (secondary N) is 1. The van der Waals surface area contributed by atoms with Gasteiger partial charge in [0.15, 0.2) is 0 Å². The minimum atomic E-state index is 0.163. The zero-order chi connectivity index (χ0) is 11.5. The fraction of sp³-hybridized carbons (Fsp3) is 0.923. The van der Waals surface area contributed by atoms with Crippen molar-refractivity contribution in [2.24, 2.45) is 17.8 Å². The van der Waals surface area contributed by atoms with E-state index in [0.29, 0.717) is 24.2 Å². The Morgan fingerprint density at radius 2 is 2.00 bits per heavy atom. The monoisotopic (exact) mass is 225 g/mol. The Hall–Kier alpha value is -0.570. The van der Waals surface area contributed by atoms with Gasteiger partial charge in [0, 0.05) is 18.6 Å². The molecule has 3 nitrogen and oxygen atoms in total. The molecule has 0 aromatic carbocycles. The Morgan fingerprint density at radius 3 is 2.50 bits per heavy atom. The summed E-state index contributed by atoms with van der Waals surface area (Å²) in [6, 6.07) is 0.167. The average molecular weight is 225 g/mol. The average Bonchev–Trinajstić information content (AvgIpc) is 3.02. The molecule has 0 aliphatic heterocycles. The first kappa shape index (κ1) is 11.9. The van der Waals surface area contributed by atoms with Gasteiger partial charge in [0.2, 0.25) is 5.91 Å². The summed E-state index contributed by atoms with van der Waals surface area (Å²) >= 11 is 0. The van der Waals surface area contributed by atoms with Crippen molar-refractivity contribution in [3.8, 4) is 0 Å². The van der Waals surface area contributed by atoms with Gasteiger partial charge in [-0.3, -0.25) is 4.79 Å². The molecule has 3 unspecified atom stereocenters. The van der Waals surface area contributed by atoms with Gasteiger partial charge in [-0.2, -0.15) is 0 Å². The molecule has 0 radical (unpaired) electrons. The second kappa shape index (κ2) is 5.17. The summed E-state index contributed by atoms with van der Waals surface area (Å²) in [5.74, 6) is 1.91. The molecule has 1 amide bonds. The molecule has 0 heterocycles. The van der Waals surface area contributed by atoms with E-state index in [4.69, 9.17) is 5.11 Å². The van der Waals surface area contributed by atoms with E-state index in [1.165, 1.54) is 25.7 Å². The Kier molecular flexibility index (Phi) is 3.85. The molecular weight excluding hydrogens is 202 g/mol. The topological polar surface area (TPSA) is 49.3 Å². The highest BCUT2D eigenvalue weighted by Crippen LogP contribution is 2.55. The summed E-state index contributed by atoms with van der Waals surface area (Å²) in [5.41, 5.74) is 0. The molecule has 2 N–H and O–H groups in total. The van der Waals surface area contributed by atoms with Crippen LogP contribution in [-0.2, 0) is 4.79 Å². The van der Waals surface area contributed by atoms with E-state index < -0.39 is 0 Å². The van der Waals surface area contributed by atoms with Crippen molar-refractivity contribution in [1.29, 1.82) is 0 Å². The number of hydrogen-bond donors (Lipinski definition) is 2. The summed E-state index contributed by atoms with van der Waals surface area (Å²) < 4.78 is 0. The van der Waals surface area contributed by atoms with Crippen molar-refractivity contribution in [3.63, 3.8) is 0 Å². The van der Waals surface area contributed by atoms with Crippen LogP contribution in [0, 0.1) is 17.8 Å². The zero-order valence-corrected chi connectivity index (χ0v) is 10.1. The maximum absolute atomic E-state index is 12.0. The largest absolute Gasteiger partial charge is 0.396 e. The number of aliphatic hydroxyl groups excluding tert-OH is 1. The molecule has 0 saturated heterocycles. The molecule has 2 rings (SSSR count). The van der Waals surface area contributed by atoms with Crippen molar-refractivity contribution in [1.82, 2.24) is 5.32 Å². The van der Waals surface area contributed by atoms with Crippen LogP contribution in [0.5, 0.6) is 0 Å². The van der Waals surface area contributed by atoms with Crippen LogP contribution in [0.15, 0.2) is 0 Å². The molecule has 2 aliphatic carbocycles. The normalized spacial score (nSPS) is 34.0. The van der Waals surface area contributed by atoms with Crippen molar-refractivity contribution in [2.75, 3.05) is 6.61 Å². The Bertz CT molecular complexity index is 242. The van der Waals surface area contributed by atoms with Gasteiger partial charge in [-0.15, -0.1) is 0 Å². The summed E-state index contributed by atoms with van der Waals surface area (Å²) in [4.78, 5) is 12.0. The molecular formula is C13H23NO2. The molecule has 0 bridgehead atoms. The van der Waals surface area contributed by atoms with Gasteiger partial charge in [0.05, 0.1) is 0 Å². The number of carbonyl (C=O) groups is 1. The molecule has 0 aromatic rings. The summed E-state index contributed by atoms with van der Waals surface area (Å²) in [6.45, 7) is 2.22. The molecule has 0 aromatic heterocycles.